The molecule has 0 radical (unpaired) electrons. The maximum atomic E-state index is 13.5. The van der Waals surface area contributed by atoms with Crippen molar-refractivity contribution in [3.05, 3.63) is 71.3 Å². The third-order valence-electron chi connectivity index (χ3n) is 6.90. The normalized spacial score (nSPS) is 23.6. The summed E-state index contributed by atoms with van der Waals surface area (Å²) in [7, 11) is 1.91. The van der Waals surface area contributed by atoms with E-state index >= 15 is 0 Å². The molecule has 1 heterocycles. The van der Waals surface area contributed by atoms with Gasteiger partial charge in [-0.3, -0.25) is 4.79 Å². The molecule has 29 heavy (non-hydrogen) atoms. The van der Waals surface area contributed by atoms with Gasteiger partial charge in [0.05, 0.1) is 5.54 Å². The third kappa shape index (κ3) is 3.93. The minimum atomic E-state index is -0.783. The number of nitrogens with zero attached hydrogens (tertiary/aromatic N) is 2. The van der Waals surface area contributed by atoms with Crippen molar-refractivity contribution in [1.29, 1.82) is 0 Å². The predicted octanol–water partition coefficient (Wildman–Crippen LogP) is 4.54. The van der Waals surface area contributed by atoms with Crippen LogP contribution in [-0.4, -0.2) is 42.4 Å². The van der Waals surface area contributed by atoms with E-state index in [1.165, 1.54) is 17.7 Å². The van der Waals surface area contributed by atoms with E-state index < -0.39 is 11.6 Å². The Hall–Kier alpha value is -2.27. The van der Waals surface area contributed by atoms with E-state index in [9.17, 15) is 13.6 Å². The topological polar surface area (TPSA) is 23.6 Å². The van der Waals surface area contributed by atoms with Crippen molar-refractivity contribution in [3.63, 3.8) is 0 Å². The number of likely N-dealkylation sites (tertiary alicyclic amines) is 1. The van der Waals surface area contributed by atoms with Crippen LogP contribution in [0.25, 0.3) is 0 Å². The van der Waals surface area contributed by atoms with Crippen LogP contribution in [0, 0.1) is 17.6 Å². The zero-order valence-corrected chi connectivity index (χ0v) is 17.1. The number of carbonyl (C=O) groups excluding carboxylic acids is 1. The van der Waals surface area contributed by atoms with Crippen LogP contribution in [0.3, 0.4) is 0 Å². The Morgan fingerprint density at radius 1 is 1.10 bits per heavy atom. The van der Waals surface area contributed by atoms with Crippen molar-refractivity contribution in [2.24, 2.45) is 5.92 Å². The molecule has 0 spiro atoms. The smallest absolute Gasteiger partial charge is 0.219 e. The van der Waals surface area contributed by atoms with Crippen molar-refractivity contribution >= 4 is 5.91 Å². The molecule has 3 nitrogen and oxygen atoms in total. The van der Waals surface area contributed by atoms with Gasteiger partial charge in [0, 0.05) is 33.6 Å². The van der Waals surface area contributed by atoms with Gasteiger partial charge in [-0.2, -0.15) is 0 Å². The summed E-state index contributed by atoms with van der Waals surface area (Å²) in [5.41, 5.74) is 1.84. The molecule has 1 saturated heterocycles. The second-order valence-electron chi connectivity index (χ2n) is 8.55. The Labute approximate surface area is 171 Å². The molecule has 154 valence electrons. The van der Waals surface area contributed by atoms with Crippen LogP contribution >= 0.6 is 0 Å². The Kier molecular flexibility index (Phi) is 5.43. The Balaban J connectivity index is 1.40. The second kappa shape index (κ2) is 7.86. The van der Waals surface area contributed by atoms with Crippen LogP contribution in [0.4, 0.5) is 8.78 Å². The Morgan fingerprint density at radius 2 is 1.79 bits per heavy atom. The first-order valence-electron chi connectivity index (χ1n) is 10.4. The molecule has 2 atom stereocenters. The van der Waals surface area contributed by atoms with E-state index in [4.69, 9.17) is 0 Å². The molecular formula is C24H28F2N2O. The van der Waals surface area contributed by atoms with Gasteiger partial charge in [-0.05, 0) is 54.4 Å². The first-order chi connectivity index (χ1) is 13.9. The highest BCUT2D eigenvalue weighted by molar-refractivity contribution is 5.74. The molecule has 0 N–H and O–H groups in total. The summed E-state index contributed by atoms with van der Waals surface area (Å²) in [5.74, 6) is -0.636. The van der Waals surface area contributed by atoms with Crippen LogP contribution in [-0.2, 0) is 10.3 Å². The van der Waals surface area contributed by atoms with E-state index in [-0.39, 0.29) is 11.4 Å². The lowest BCUT2D eigenvalue weighted by Gasteiger charge is -2.47. The number of halogens is 2. The van der Waals surface area contributed by atoms with Crippen LogP contribution in [0.5, 0.6) is 0 Å². The molecule has 5 heteroatoms. The summed E-state index contributed by atoms with van der Waals surface area (Å²) in [6, 6.07) is 14.6. The van der Waals surface area contributed by atoms with Gasteiger partial charge in [0.25, 0.3) is 0 Å². The SMILES string of the molecule is CC(=O)N(C)C1(c2ccccc2)CCN(C[C@@H]2C[C@@H]2c2ccc(F)c(F)c2)CC1. The summed E-state index contributed by atoms with van der Waals surface area (Å²) in [6.07, 6.45) is 2.82. The van der Waals surface area contributed by atoms with Crippen molar-refractivity contribution in [2.75, 3.05) is 26.7 Å². The maximum Gasteiger partial charge on any atom is 0.219 e. The van der Waals surface area contributed by atoms with Crippen molar-refractivity contribution in [1.82, 2.24) is 9.80 Å². The molecule has 2 aliphatic rings. The van der Waals surface area contributed by atoms with Crippen LogP contribution in [0.15, 0.2) is 48.5 Å². The fraction of sp³-hybridized carbons (Fsp3) is 0.458. The minimum absolute atomic E-state index is 0.0860. The number of rotatable bonds is 5. The monoisotopic (exact) mass is 398 g/mol. The molecule has 4 rings (SSSR count). The third-order valence-corrected chi connectivity index (χ3v) is 6.90. The molecule has 0 bridgehead atoms. The van der Waals surface area contributed by atoms with Crippen molar-refractivity contribution < 1.29 is 13.6 Å². The van der Waals surface area contributed by atoms with Crippen molar-refractivity contribution in [3.8, 4) is 0 Å². The fourth-order valence-electron chi connectivity index (χ4n) is 4.91. The van der Waals surface area contributed by atoms with Crippen LogP contribution < -0.4 is 0 Å². The molecule has 1 aliphatic carbocycles. The Bertz CT molecular complexity index is 878. The van der Waals surface area contributed by atoms with E-state index in [2.05, 4.69) is 17.0 Å². The molecule has 2 aromatic carbocycles. The lowest BCUT2D eigenvalue weighted by atomic mass is 9.79. The minimum Gasteiger partial charge on any atom is -0.336 e. The highest BCUT2D eigenvalue weighted by Gasteiger charge is 2.44. The maximum absolute atomic E-state index is 13.5. The molecule has 1 saturated carbocycles. The summed E-state index contributed by atoms with van der Waals surface area (Å²) in [6.45, 7) is 4.45. The summed E-state index contributed by atoms with van der Waals surface area (Å²) >= 11 is 0. The summed E-state index contributed by atoms with van der Waals surface area (Å²) < 4.78 is 26.7. The van der Waals surface area contributed by atoms with Crippen LogP contribution in [0.2, 0.25) is 0 Å². The average molecular weight is 398 g/mol. The Morgan fingerprint density at radius 3 is 2.41 bits per heavy atom. The number of benzene rings is 2. The van der Waals surface area contributed by atoms with Gasteiger partial charge in [-0.1, -0.05) is 36.4 Å². The summed E-state index contributed by atoms with van der Waals surface area (Å²) in [4.78, 5) is 16.6. The largest absolute Gasteiger partial charge is 0.336 e. The molecule has 1 aliphatic heterocycles. The van der Waals surface area contributed by atoms with Gasteiger partial charge < -0.3 is 9.80 Å². The van der Waals surface area contributed by atoms with Gasteiger partial charge in [0.2, 0.25) is 5.91 Å². The summed E-state index contributed by atoms with van der Waals surface area (Å²) in [5, 5.41) is 0. The van der Waals surface area contributed by atoms with Gasteiger partial charge in [0.1, 0.15) is 0 Å². The number of hydrogen-bond acceptors (Lipinski definition) is 2. The second-order valence-corrected chi connectivity index (χ2v) is 8.55. The lowest BCUT2D eigenvalue weighted by molar-refractivity contribution is -0.136. The van der Waals surface area contributed by atoms with E-state index in [1.807, 2.05) is 30.1 Å². The molecule has 2 fully saturated rings. The van der Waals surface area contributed by atoms with Gasteiger partial charge in [-0.15, -0.1) is 0 Å². The average Bonchev–Trinajstić information content (AvgIpc) is 3.50. The van der Waals surface area contributed by atoms with Crippen molar-refractivity contribution in [2.45, 2.75) is 37.6 Å². The molecular weight excluding hydrogens is 370 g/mol. The zero-order valence-electron chi connectivity index (χ0n) is 17.1. The van der Waals surface area contributed by atoms with E-state index in [0.29, 0.717) is 11.8 Å². The molecule has 2 aromatic rings. The molecule has 1 amide bonds. The first kappa shape index (κ1) is 20.0. The van der Waals surface area contributed by atoms with E-state index in [1.54, 1.807) is 13.0 Å². The van der Waals surface area contributed by atoms with Gasteiger partial charge >= 0.3 is 0 Å². The number of amides is 1. The van der Waals surface area contributed by atoms with Gasteiger partial charge in [-0.25, -0.2) is 8.78 Å². The number of carbonyl (C=O) groups is 1. The molecule has 0 unspecified atom stereocenters. The fourth-order valence-corrected chi connectivity index (χ4v) is 4.91. The highest BCUT2D eigenvalue weighted by Crippen LogP contribution is 2.49. The predicted molar refractivity (Wildman–Crippen MR) is 109 cm³/mol. The lowest BCUT2D eigenvalue weighted by Crippen LogP contribution is -2.53. The van der Waals surface area contributed by atoms with Crippen LogP contribution in [0.1, 0.15) is 43.2 Å². The van der Waals surface area contributed by atoms with Gasteiger partial charge in [0.15, 0.2) is 11.6 Å². The molecule has 0 aromatic heterocycles. The quantitative estimate of drug-likeness (QED) is 0.738. The number of piperidine rings is 1. The highest BCUT2D eigenvalue weighted by atomic mass is 19.2. The number of hydrogen-bond donors (Lipinski definition) is 0. The zero-order chi connectivity index (χ0) is 20.6. The standard InChI is InChI=1S/C24H28F2N2O/c1-17(29)27(2)24(20-6-4-3-5-7-20)10-12-28(13-11-24)16-19-14-21(19)18-8-9-22(25)23(26)15-18/h3-9,15,19,21H,10-14,16H2,1-2H3/t19-,21+/m0/s1. The van der Waals surface area contributed by atoms with E-state index in [0.717, 1.165) is 44.5 Å². The first-order valence-corrected chi connectivity index (χ1v) is 10.4.